The standard InChI is InChI=1S/C13H19NO2S/c1-17(15,16)12-7-5-11(6-8-12)13(14)9-4-10-2-3-10/h5-8,10,13H,2-4,9,14H2,1H3. The summed E-state index contributed by atoms with van der Waals surface area (Å²) in [5, 5.41) is 0. The maximum Gasteiger partial charge on any atom is 0.175 e. The van der Waals surface area contributed by atoms with Gasteiger partial charge < -0.3 is 5.73 Å². The zero-order valence-corrected chi connectivity index (χ0v) is 10.9. The van der Waals surface area contributed by atoms with Crippen LogP contribution in [-0.4, -0.2) is 14.7 Å². The van der Waals surface area contributed by atoms with E-state index < -0.39 is 9.84 Å². The first-order chi connectivity index (χ1) is 7.97. The highest BCUT2D eigenvalue weighted by atomic mass is 32.2. The van der Waals surface area contributed by atoms with Crippen molar-refractivity contribution in [3.63, 3.8) is 0 Å². The van der Waals surface area contributed by atoms with Crippen molar-refractivity contribution < 1.29 is 8.42 Å². The second-order valence-corrected chi connectivity index (χ2v) is 6.98. The van der Waals surface area contributed by atoms with E-state index in [2.05, 4.69) is 0 Å². The predicted molar refractivity (Wildman–Crippen MR) is 68.4 cm³/mol. The highest BCUT2D eigenvalue weighted by Crippen LogP contribution is 2.35. The van der Waals surface area contributed by atoms with Gasteiger partial charge in [-0.3, -0.25) is 0 Å². The molecule has 0 bridgehead atoms. The van der Waals surface area contributed by atoms with E-state index in [0.717, 1.165) is 17.9 Å². The van der Waals surface area contributed by atoms with Crippen molar-refractivity contribution in [2.24, 2.45) is 11.7 Å². The Kier molecular flexibility index (Phi) is 3.54. The molecule has 0 aliphatic heterocycles. The van der Waals surface area contributed by atoms with E-state index in [1.807, 2.05) is 12.1 Å². The zero-order valence-electron chi connectivity index (χ0n) is 10.1. The zero-order chi connectivity index (χ0) is 12.5. The smallest absolute Gasteiger partial charge is 0.175 e. The summed E-state index contributed by atoms with van der Waals surface area (Å²) in [6.07, 6.45) is 6.09. The van der Waals surface area contributed by atoms with Crippen molar-refractivity contribution in [1.29, 1.82) is 0 Å². The summed E-state index contributed by atoms with van der Waals surface area (Å²) in [4.78, 5) is 0.357. The summed E-state index contributed by atoms with van der Waals surface area (Å²) >= 11 is 0. The second kappa shape index (κ2) is 4.78. The molecule has 0 spiro atoms. The van der Waals surface area contributed by atoms with Crippen LogP contribution in [0.25, 0.3) is 0 Å². The van der Waals surface area contributed by atoms with Gasteiger partial charge in [0.25, 0.3) is 0 Å². The molecule has 2 N–H and O–H groups in total. The van der Waals surface area contributed by atoms with E-state index in [9.17, 15) is 8.42 Å². The van der Waals surface area contributed by atoms with Crippen molar-refractivity contribution in [1.82, 2.24) is 0 Å². The Bertz CT molecular complexity index is 475. The molecule has 0 saturated heterocycles. The first-order valence-corrected chi connectivity index (χ1v) is 7.91. The van der Waals surface area contributed by atoms with E-state index in [0.29, 0.717) is 4.90 Å². The van der Waals surface area contributed by atoms with Crippen molar-refractivity contribution in [3.05, 3.63) is 29.8 Å². The molecule has 1 aromatic carbocycles. The highest BCUT2D eigenvalue weighted by Gasteiger charge is 2.22. The van der Waals surface area contributed by atoms with Crippen LogP contribution in [0.4, 0.5) is 0 Å². The van der Waals surface area contributed by atoms with Gasteiger partial charge in [-0.05, 0) is 36.5 Å². The summed E-state index contributed by atoms with van der Waals surface area (Å²) in [6.45, 7) is 0. The van der Waals surface area contributed by atoms with Gasteiger partial charge in [0.05, 0.1) is 4.90 Å². The van der Waals surface area contributed by atoms with Gasteiger partial charge in [0, 0.05) is 12.3 Å². The van der Waals surface area contributed by atoms with Crippen molar-refractivity contribution in [2.75, 3.05) is 6.26 Å². The third-order valence-corrected chi connectivity index (χ3v) is 4.45. The quantitative estimate of drug-likeness (QED) is 0.875. The number of benzene rings is 1. The molecule has 1 fully saturated rings. The van der Waals surface area contributed by atoms with Crippen LogP contribution in [0.5, 0.6) is 0 Å². The summed E-state index contributed by atoms with van der Waals surface area (Å²) in [5.74, 6) is 0.886. The number of hydrogen-bond acceptors (Lipinski definition) is 3. The molecule has 1 atom stereocenters. The van der Waals surface area contributed by atoms with Crippen LogP contribution in [0, 0.1) is 5.92 Å². The number of nitrogens with two attached hydrogens (primary N) is 1. The Morgan fingerprint density at radius 3 is 2.35 bits per heavy atom. The average molecular weight is 253 g/mol. The van der Waals surface area contributed by atoms with Gasteiger partial charge in [0.1, 0.15) is 0 Å². The molecule has 1 unspecified atom stereocenters. The van der Waals surface area contributed by atoms with Crippen molar-refractivity contribution in [3.8, 4) is 0 Å². The van der Waals surface area contributed by atoms with Crippen molar-refractivity contribution >= 4 is 9.84 Å². The van der Waals surface area contributed by atoms with Gasteiger partial charge in [-0.2, -0.15) is 0 Å². The average Bonchev–Trinajstić information content (AvgIpc) is 3.09. The second-order valence-electron chi connectivity index (χ2n) is 4.97. The molecule has 94 valence electrons. The largest absolute Gasteiger partial charge is 0.324 e. The highest BCUT2D eigenvalue weighted by molar-refractivity contribution is 7.90. The van der Waals surface area contributed by atoms with Crippen LogP contribution in [0.2, 0.25) is 0 Å². The maximum atomic E-state index is 11.3. The molecule has 4 heteroatoms. The molecule has 0 heterocycles. The Morgan fingerprint density at radius 2 is 1.88 bits per heavy atom. The fourth-order valence-electron chi connectivity index (χ4n) is 1.95. The number of sulfone groups is 1. The minimum absolute atomic E-state index is 0.0317. The molecule has 0 aromatic heterocycles. The van der Waals surface area contributed by atoms with Crippen LogP contribution < -0.4 is 5.73 Å². The first kappa shape index (κ1) is 12.6. The minimum atomic E-state index is -3.10. The lowest BCUT2D eigenvalue weighted by Gasteiger charge is -2.12. The SMILES string of the molecule is CS(=O)(=O)c1ccc(C(N)CCC2CC2)cc1. The van der Waals surface area contributed by atoms with Crippen molar-refractivity contribution in [2.45, 2.75) is 36.6 Å². The predicted octanol–water partition coefficient (Wildman–Crippen LogP) is 2.28. The van der Waals surface area contributed by atoms with Crippen LogP contribution in [0.1, 0.15) is 37.3 Å². The Hall–Kier alpha value is -0.870. The molecule has 17 heavy (non-hydrogen) atoms. The van der Waals surface area contributed by atoms with Crippen LogP contribution in [0.15, 0.2) is 29.2 Å². The molecular weight excluding hydrogens is 234 g/mol. The Labute approximate surface area is 103 Å². The topological polar surface area (TPSA) is 60.2 Å². The molecule has 1 aliphatic carbocycles. The van der Waals surface area contributed by atoms with Gasteiger partial charge in [0.2, 0.25) is 0 Å². The molecule has 0 radical (unpaired) electrons. The lowest BCUT2D eigenvalue weighted by atomic mass is 10.0. The van der Waals surface area contributed by atoms with Gasteiger partial charge >= 0.3 is 0 Å². The Morgan fingerprint density at radius 1 is 1.29 bits per heavy atom. The van der Waals surface area contributed by atoms with Crippen LogP contribution in [0.3, 0.4) is 0 Å². The third kappa shape index (κ3) is 3.54. The summed E-state index contributed by atoms with van der Waals surface area (Å²) in [6, 6.07) is 6.97. The van der Waals surface area contributed by atoms with E-state index in [4.69, 9.17) is 5.73 Å². The lowest BCUT2D eigenvalue weighted by Crippen LogP contribution is -2.10. The summed E-state index contributed by atoms with van der Waals surface area (Å²) in [7, 11) is -3.10. The van der Waals surface area contributed by atoms with E-state index in [1.165, 1.54) is 25.5 Å². The van der Waals surface area contributed by atoms with Crippen LogP contribution in [-0.2, 0) is 9.84 Å². The third-order valence-electron chi connectivity index (χ3n) is 3.32. The summed E-state index contributed by atoms with van der Waals surface area (Å²) < 4.78 is 22.6. The molecule has 2 rings (SSSR count). The summed E-state index contributed by atoms with van der Waals surface area (Å²) in [5.41, 5.74) is 7.11. The number of rotatable bonds is 5. The molecule has 1 saturated carbocycles. The van der Waals surface area contributed by atoms with Gasteiger partial charge in [-0.15, -0.1) is 0 Å². The number of hydrogen-bond donors (Lipinski definition) is 1. The fourth-order valence-corrected chi connectivity index (χ4v) is 2.58. The molecule has 0 amide bonds. The van der Waals surface area contributed by atoms with Gasteiger partial charge in [0.15, 0.2) is 9.84 Å². The first-order valence-electron chi connectivity index (χ1n) is 6.02. The fraction of sp³-hybridized carbons (Fsp3) is 0.538. The van der Waals surface area contributed by atoms with E-state index in [-0.39, 0.29) is 6.04 Å². The molecular formula is C13H19NO2S. The van der Waals surface area contributed by atoms with Gasteiger partial charge in [-0.1, -0.05) is 25.0 Å². The molecule has 1 aliphatic rings. The van der Waals surface area contributed by atoms with E-state index in [1.54, 1.807) is 12.1 Å². The maximum absolute atomic E-state index is 11.3. The lowest BCUT2D eigenvalue weighted by molar-refractivity contribution is 0.574. The normalized spacial score (nSPS) is 18.0. The molecule has 3 nitrogen and oxygen atoms in total. The van der Waals surface area contributed by atoms with Gasteiger partial charge in [-0.25, -0.2) is 8.42 Å². The minimum Gasteiger partial charge on any atom is -0.324 e. The van der Waals surface area contributed by atoms with Crippen LogP contribution >= 0.6 is 0 Å². The monoisotopic (exact) mass is 253 g/mol. The molecule has 1 aromatic rings. The Balaban J connectivity index is 2.00. The van der Waals surface area contributed by atoms with E-state index >= 15 is 0 Å².